The molecule has 0 amide bonds. The Hall–Kier alpha value is -2.09. The average molecular weight is 269 g/mol. The van der Waals surface area contributed by atoms with Crippen LogP contribution in [0.5, 0.6) is 0 Å². The molecule has 0 aliphatic heterocycles. The summed E-state index contributed by atoms with van der Waals surface area (Å²) in [6.07, 6.45) is 2.67. The van der Waals surface area contributed by atoms with Crippen molar-refractivity contribution in [2.45, 2.75) is 34.6 Å². The third-order valence-corrected chi connectivity index (χ3v) is 2.95. The van der Waals surface area contributed by atoms with Crippen molar-refractivity contribution in [3.05, 3.63) is 65.4 Å². The summed E-state index contributed by atoms with van der Waals surface area (Å²) < 4.78 is 5.17. The number of benzene rings is 2. The summed E-state index contributed by atoms with van der Waals surface area (Å²) in [5, 5.41) is 4.84. The van der Waals surface area contributed by atoms with Gasteiger partial charge in [0.1, 0.15) is 0 Å². The molecule has 0 bridgehead atoms. The normalized spacial score (nSPS) is 9.55. The fourth-order valence-corrected chi connectivity index (χ4v) is 1.96. The van der Waals surface area contributed by atoms with Gasteiger partial charge < -0.3 is 4.52 Å². The van der Waals surface area contributed by atoms with Crippen LogP contribution < -0.4 is 0 Å². The lowest BCUT2D eigenvalue weighted by molar-refractivity contribution is 0.456. The lowest BCUT2D eigenvalue weighted by Gasteiger charge is -2.02. The third kappa shape index (κ3) is 3.70. The Kier molecular flexibility index (Phi) is 5.98. The van der Waals surface area contributed by atoms with Crippen LogP contribution >= 0.6 is 0 Å². The molecule has 3 aromatic rings. The Labute approximate surface area is 121 Å². The van der Waals surface area contributed by atoms with Gasteiger partial charge in [-0.05, 0) is 36.6 Å². The molecule has 106 valence electrons. The molecule has 0 N–H and O–H groups in total. The maximum absolute atomic E-state index is 5.17. The number of rotatable bonds is 2. The van der Waals surface area contributed by atoms with E-state index in [0.29, 0.717) is 0 Å². The van der Waals surface area contributed by atoms with Gasteiger partial charge in [0.15, 0.2) is 5.58 Å². The van der Waals surface area contributed by atoms with E-state index in [2.05, 4.69) is 54.5 Å². The predicted octanol–water partition coefficient (Wildman–Crippen LogP) is 5.39. The largest absolute Gasteiger partial charge is 0.356 e. The lowest BCUT2D eigenvalue weighted by Crippen LogP contribution is -1.87. The first kappa shape index (κ1) is 16.0. The summed E-state index contributed by atoms with van der Waals surface area (Å²) in [5.74, 6) is 0. The topological polar surface area (TPSA) is 26.0 Å². The molecule has 0 saturated carbocycles. The molecule has 2 nitrogen and oxygen atoms in total. The minimum absolute atomic E-state index is 0. The van der Waals surface area contributed by atoms with Gasteiger partial charge in [-0.3, -0.25) is 0 Å². The highest BCUT2D eigenvalue weighted by atomic mass is 16.5. The molecule has 0 spiro atoms. The molecule has 1 heterocycles. The molecule has 0 radical (unpaired) electrons. The minimum Gasteiger partial charge on any atom is -0.356 e. The smallest absolute Gasteiger partial charge is 0.167 e. The fraction of sp³-hybridized carbons (Fsp3) is 0.278. The standard InChI is InChI=1S/C15H13NO.C2H6.CH4/c1-11-2-4-12(5-3-11)8-13-6-7-14-10-16-17-15(14)9-13;1-2;/h2-7,9-10H,8H2,1H3;1-2H3;1H4. The number of aryl methyl sites for hydroxylation is 1. The molecule has 20 heavy (non-hydrogen) atoms. The van der Waals surface area contributed by atoms with Crippen molar-refractivity contribution in [3.63, 3.8) is 0 Å². The maximum atomic E-state index is 5.17. The summed E-state index contributed by atoms with van der Waals surface area (Å²) >= 11 is 0. The van der Waals surface area contributed by atoms with E-state index in [-0.39, 0.29) is 7.43 Å². The molecule has 3 rings (SSSR count). The molecule has 0 atom stereocenters. The van der Waals surface area contributed by atoms with Crippen LogP contribution in [-0.4, -0.2) is 5.16 Å². The van der Waals surface area contributed by atoms with Crippen LogP contribution in [-0.2, 0) is 6.42 Å². The number of nitrogens with zero attached hydrogens (tertiary/aromatic N) is 1. The van der Waals surface area contributed by atoms with Gasteiger partial charge in [0.25, 0.3) is 0 Å². The van der Waals surface area contributed by atoms with Crippen LogP contribution in [0, 0.1) is 6.92 Å². The van der Waals surface area contributed by atoms with E-state index >= 15 is 0 Å². The lowest BCUT2D eigenvalue weighted by atomic mass is 10.0. The molecule has 2 aromatic carbocycles. The first-order chi connectivity index (χ1) is 9.31. The Morgan fingerprint density at radius 3 is 2.30 bits per heavy atom. The van der Waals surface area contributed by atoms with E-state index in [9.17, 15) is 0 Å². The highest BCUT2D eigenvalue weighted by molar-refractivity contribution is 5.76. The fourth-order valence-electron chi connectivity index (χ4n) is 1.96. The van der Waals surface area contributed by atoms with Crippen LogP contribution in [0.4, 0.5) is 0 Å². The van der Waals surface area contributed by atoms with E-state index in [1.165, 1.54) is 16.7 Å². The van der Waals surface area contributed by atoms with Crippen molar-refractivity contribution in [1.82, 2.24) is 5.16 Å². The SMILES string of the molecule is C.CC.Cc1ccc(Cc2ccc3cnoc3c2)cc1. The van der Waals surface area contributed by atoms with E-state index in [0.717, 1.165) is 17.4 Å². The highest BCUT2D eigenvalue weighted by Crippen LogP contribution is 2.17. The average Bonchev–Trinajstić information content (AvgIpc) is 2.91. The summed E-state index contributed by atoms with van der Waals surface area (Å²) in [6, 6.07) is 14.8. The molecule has 0 fully saturated rings. The molecular formula is C18H23NO. The van der Waals surface area contributed by atoms with Crippen molar-refractivity contribution >= 4 is 11.0 Å². The second-order valence-electron chi connectivity index (χ2n) is 4.36. The van der Waals surface area contributed by atoms with E-state index in [4.69, 9.17) is 4.52 Å². The van der Waals surface area contributed by atoms with Crippen molar-refractivity contribution in [3.8, 4) is 0 Å². The zero-order valence-corrected chi connectivity index (χ0v) is 11.7. The van der Waals surface area contributed by atoms with Crippen LogP contribution in [0.25, 0.3) is 11.0 Å². The van der Waals surface area contributed by atoms with Crippen LogP contribution in [0.15, 0.2) is 53.2 Å². The maximum Gasteiger partial charge on any atom is 0.167 e. The Bertz CT molecular complexity index is 638. The van der Waals surface area contributed by atoms with E-state index < -0.39 is 0 Å². The van der Waals surface area contributed by atoms with Crippen LogP contribution in [0.3, 0.4) is 0 Å². The van der Waals surface area contributed by atoms with Gasteiger partial charge in [0.2, 0.25) is 0 Å². The first-order valence-electron chi connectivity index (χ1n) is 6.70. The summed E-state index contributed by atoms with van der Waals surface area (Å²) in [5.41, 5.74) is 4.71. The summed E-state index contributed by atoms with van der Waals surface area (Å²) in [6.45, 7) is 6.10. The quantitative estimate of drug-likeness (QED) is 0.623. The molecule has 0 saturated heterocycles. The molecule has 1 aromatic heterocycles. The Balaban J connectivity index is 0.000000639. The van der Waals surface area contributed by atoms with E-state index in [1.807, 2.05) is 13.8 Å². The van der Waals surface area contributed by atoms with Gasteiger partial charge in [-0.15, -0.1) is 0 Å². The van der Waals surface area contributed by atoms with Gasteiger partial charge in [0, 0.05) is 5.39 Å². The molecule has 0 aliphatic rings. The van der Waals surface area contributed by atoms with Gasteiger partial charge in [-0.25, -0.2) is 0 Å². The van der Waals surface area contributed by atoms with Gasteiger partial charge >= 0.3 is 0 Å². The molecule has 2 heteroatoms. The van der Waals surface area contributed by atoms with Crippen LogP contribution in [0.1, 0.15) is 38.0 Å². The second-order valence-corrected chi connectivity index (χ2v) is 4.36. The summed E-state index contributed by atoms with van der Waals surface area (Å²) in [7, 11) is 0. The van der Waals surface area contributed by atoms with Crippen molar-refractivity contribution < 1.29 is 4.52 Å². The Morgan fingerprint density at radius 1 is 0.950 bits per heavy atom. The third-order valence-electron chi connectivity index (χ3n) is 2.95. The zero-order chi connectivity index (χ0) is 13.7. The molecule has 0 aliphatic carbocycles. The van der Waals surface area contributed by atoms with Gasteiger partial charge in [-0.2, -0.15) is 0 Å². The number of aromatic nitrogens is 1. The van der Waals surface area contributed by atoms with Gasteiger partial charge in [-0.1, -0.05) is 62.3 Å². The van der Waals surface area contributed by atoms with Crippen LogP contribution in [0.2, 0.25) is 0 Å². The minimum atomic E-state index is 0. The predicted molar refractivity (Wildman–Crippen MR) is 86.1 cm³/mol. The first-order valence-corrected chi connectivity index (χ1v) is 6.70. The monoisotopic (exact) mass is 269 g/mol. The second kappa shape index (κ2) is 7.49. The van der Waals surface area contributed by atoms with Crippen molar-refractivity contribution in [1.29, 1.82) is 0 Å². The molecule has 0 unspecified atom stereocenters. The zero-order valence-electron chi connectivity index (χ0n) is 11.7. The number of hydrogen-bond donors (Lipinski definition) is 0. The highest BCUT2D eigenvalue weighted by Gasteiger charge is 2.01. The Morgan fingerprint density at radius 2 is 1.60 bits per heavy atom. The number of hydrogen-bond acceptors (Lipinski definition) is 2. The molecular weight excluding hydrogens is 246 g/mol. The van der Waals surface area contributed by atoms with Crippen molar-refractivity contribution in [2.24, 2.45) is 0 Å². The number of fused-ring (bicyclic) bond motifs is 1. The van der Waals surface area contributed by atoms with Crippen molar-refractivity contribution in [2.75, 3.05) is 0 Å². The summed E-state index contributed by atoms with van der Waals surface area (Å²) in [4.78, 5) is 0. The van der Waals surface area contributed by atoms with E-state index in [1.54, 1.807) is 6.20 Å². The van der Waals surface area contributed by atoms with Gasteiger partial charge in [0.05, 0.1) is 6.20 Å².